The molecular weight excluding hydrogens is 273 g/mol. The Hall–Kier alpha value is -1.31. The SMILES string of the molecule is OC(CNc1ccc(F)c(F)c1F)CN1CCOCC1. The zero-order chi connectivity index (χ0) is 14.5. The number of nitrogens with zero attached hydrogens (tertiary/aromatic N) is 1. The van der Waals surface area contributed by atoms with Gasteiger partial charge in [0.15, 0.2) is 17.5 Å². The number of halogens is 3. The van der Waals surface area contributed by atoms with Gasteiger partial charge in [-0.1, -0.05) is 0 Å². The number of β-amino-alcohol motifs (C(OH)–C–C–N with tert-alkyl or cyclic N) is 1. The van der Waals surface area contributed by atoms with Crippen LogP contribution in [0.2, 0.25) is 0 Å². The van der Waals surface area contributed by atoms with E-state index in [0.717, 1.165) is 25.2 Å². The predicted molar refractivity (Wildman–Crippen MR) is 68.1 cm³/mol. The fraction of sp³-hybridized carbons (Fsp3) is 0.538. The van der Waals surface area contributed by atoms with Crippen molar-refractivity contribution in [3.8, 4) is 0 Å². The summed E-state index contributed by atoms with van der Waals surface area (Å²) in [5.74, 6) is -4.02. The summed E-state index contributed by atoms with van der Waals surface area (Å²) in [6.45, 7) is 3.18. The third-order valence-corrected chi connectivity index (χ3v) is 3.14. The average molecular weight is 290 g/mol. The lowest BCUT2D eigenvalue weighted by molar-refractivity contribution is 0.0171. The summed E-state index contributed by atoms with van der Waals surface area (Å²) in [7, 11) is 0. The normalized spacial score (nSPS) is 18.0. The number of rotatable bonds is 5. The molecule has 2 rings (SSSR count). The number of hydrogen-bond donors (Lipinski definition) is 2. The van der Waals surface area contributed by atoms with Crippen LogP contribution in [0, 0.1) is 17.5 Å². The summed E-state index contributed by atoms with van der Waals surface area (Å²) in [4.78, 5) is 2.03. The van der Waals surface area contributed by atoms with E-state index in [1.54, 1.807) is 0 Å². The van der Waals surface area contributed by atoms with Gasteiger partial charge in [0.25, 0.3) is 0 Å². The summed E-state index contributed by atoms with van der Waals surface area (Å²) in [5, 5.41) is 12.4. The molecule has 0 bridgehead atoms. The smallest absolute Gasteiger partial charge is 0.196 e. The maximum absolute atomic E-state index is 13.4. The van der Waals surface area contributed by atoms with E-state index in [2.05, 4.69) is 5.32 Å². The molecule has 0 spiro atoms. The van der Waals surface area contributed by atoms with E-state index in [1.165, 1.54) is 0 Å². The number of ether oxygens (including phenoxy) is 1. The molecule has 1 aliphatic rings. The topological polar surface area (TPSA) is 44.7 Å². The van der Waals surface area contributed by atoms with Gasteiger partial charge in [-0.05, 0) is 12.1 Å². The lowest BCUT2D eigenvalue weighted by Crippen LogP contribution is -2.42. The Labute approximate surface area is 115 Å². The molecule has 1 fully saturated rings. The second-order valence-corrected chi connectivity index (χ2v) is 4.67. The molecule has 1 unspecified atom stereocenters. The molecule has 2 N–H and O–H groups in total. The second-order valence-electron chi connectivity index (χ2n) is 4.67. The molecule has 0 radical (unpaired) electrons. The molecule has 1 saturated heterocycles. The van der Waals surface area contributed by atoms with Crippen molar-refractivity contribution in [2.75, 3.05) is 44.7 Å². The highest BCUT2D eigenvalue weighted by Gasteiger charge is 2.17. The number of nitrogens with one attached hydrogen (secondary N) is 1. The monoisotopic (exact) mass is 290 g/mol. The van der Waals surface area contributed by atoms with Crippen LogP contribution in [-0.2, 0) is 4.74 Å². The standard InChI is InChI=1S/C13H17F3N2O2/c14-10-1-2-11(13(16)12(10)15)17-7-9(19)8-18-3-5-20-6-4-18/h1-2,9,17,19H,3-8H2. The van der Waals surface area contributed by atoms with E-state index in [0.29, 0.717) is 19.8 Å². The van der Waals surface area contributed by atoms with Crippen molar-refractivity contribution in [3.63, 3.8) is 0 Å². The third kappa shape index (κ3) is 3.84. The highest BCUT2D eigenvalue weighted by molar-refractivity contribution is 5.45. The highest BCUT2D eigenvalue weighted by Crippen LogP contribution is 2.19. The van der Waals surface area contributed by atoms with E-state index in [4.69, 9.17) is 4.74 Å². The van der Waals surface area contributed by atoms with E-state index in [1.807, 2.05) is 4.90 Å². The Morgan fingerprint density at radius 2 is 1.90 bits per heavy atom. The number of anilines is 1. The minimum absolute atomic E-state index is 0.0549. The highest BCUT2D eigenvalue weighted by atomic mass is 19.2. The van der Waals surface area contributed by atoms with Crippen LogP contribution in [0.25, 0.3) is 0 Å². The molecule has 1 heterocycles. The largest absolute Gasteiger partial charge is 0.390 e. The Bertz CT molecular complexity index is 453. The molecule has 4 nitrogen and oxygen atoms in total. The van der Waals surface area contributed by atoms with Crippen molar-refractivity contribution in [1.29, 1.82) is 0 Å². The van der Waals surface area contributed by atoms with Crippen LogP contribution in [-0.4, -0.2) is 55.5 Å². The van der Waals surface area contributed by atoms with Gasteiger partial charge in [-0.3, -0.25) is 4.90 Å². The summed E-state index contributed by atoms with van der Waals surface area (Å²) in [5.41, 5.74) is -0.162. The Kier molecular flexibility index (Phi) is 5.22. The van der Waals surface area contributed by atoms with Crippen LogP contribution in [0.4, 0.5) is 18.9 Å². The maximum atomic E-state index is 13.4. The van der Waals surface area contributed by atoms with Crippen LogP contribution in [0.5, 0.6) is 0 Å². The van der Waals surface area contributed by atoms with Gasteiger partial charge in [0.2, 0.25) is 0 Å². The van der Waals surface area contributed by atoms with Gasteiger partial charge in [0, 0.05) is 26.2 Å². The summed E-state index contributed by atoms with van der Waals surface area (Å²) in [6, 6.07) is 1.95. The molecule has 0 aliphatic carbocycles. The van der Waals surface area contributed by atoms with Gasteiger partial charge < -0.3 is 15.2 Å². The summed E-state index contributed by atoms with van der Waals surface area (Å²) >= 11 is 0. The molecule has 0 amide bonds. The molecule has 1 atom stereocenters. The van der Waals surface area contributed by atoms with Gasteiger partial charge in [0.1, 0.15) is 0 Å². The Morgan fingerprint density at radius 3 is 2.60 bits per heavy atom. The van der Waals surface area contributed by atoms with Crippen molar-refractivity contribution >= 4 is 5.69 Å². The predicted octanol–water partition coefficient (Wildman–Crippen LogP) is 1.21. The van der Waals surface area contributed by atoms with Crippen molar-refractivity contribution in [2.45, 2.75) is 6.10 Å². The first-order chi connectivity index (χ1) is 9.58. The molecule has 0 aromatic heterocycles. The van der Waals surface area contributed by atoms with Crippen molar-refractivity contribution in [1.82, 2.24) is 4.90 Å². The minimum Gasteiger partial charge on any atom is -0.390 e. The molecule has 1 aromatic rings. The minimum atomic E-state index is -1.52. The third-order valence-electron chi connectivity index (χ3n) is 3.14. The van der Waals surface area contributed by atoms with E-state index >= 15 is 0 Å². The molecule has 20 heavy (non-hydrogen) atoms. The van der Waals surface area contributed by atoms with E-state index in [-0.39, 0.29) is 12.2 Å². The van der Waals surface area contributed by atoms with Gasteiger partial charge in [-0.15, -0.1) is 0 Å². The number of aliphatic hydroxyl groups is 1. The van der Waals surface area contributed by atoms with Gasteiger partial charge >= 0.3 is 0 Å². The van der Waals surface area contributed by atoms with E-state index < -0.39 is 23.6 Å². The van der Waals surface area contributed by atoms with Gasteiger partial charge in [0.05, 0.1) is 25.0 Å². The number of hydrogen-bond acceptors (Lipinski definition) is 4. The zero-order valence-electron chi connectivity index (χ0n) is 10.9. The molecular formula is C13H17F3N2O2. The van der Waals surface area contributed by atoms with Crippen LogP contribution in [0.3, 0.4) is 0 Å². The Balaban J connectivity index is 1.83. The molecule has 0 saturated carbocycles. The van der Waals surface area contributed by atoms with Gasteiger partial charge in [-0.25, -0.2) is 13.2 Å². The lowest BCUT2D eigenvalue weighted by atomic mass is 10.2. The fourth-order valence-electron chi connectivity index (χ4n) is 2.04. The maximum Gasteiger partial charge on any atom is 0.196 e. The number of benzene rings is 1. The average Bonchev–Trinajstić information content (AvgIpc) is 2.45. The second kappa shape index (κ2) is 6.92. The van der Waals surface area contributed by atoms with Crippen LogP contribution >= 0.6 is 0 Å². The molecule has 7 heteroatoms. The number of morpholine rings is 1. The molecule has 1 aromatic carbocycles. The van der Waals surface area contributed by atoms with Crippen molar-refractivity contribution in [3.05, 3.63) is 29.6 Å². The molecule has 1 aliphatic heterocycles. The van der Waals surface area contributed by atoms with Crippen LogP contribution in [0.15, 0.2) is 12.1 Å². The van der Waals surface area contributed by atoms with Crippen molar-refractivity contribution in [2.24, 2.45) is 0 Å². The van der Waals surface area contributed by atoms with E-state index in [9.17, 15) is 18.3 Å². The Morgan fingerprint density at radius 1 is 1.20 bits per heavy atom. The first kappa shape index (κ1) is 15.1. The zero-order valence-corrected chi connectivity index (χ0v) is 10.9. The first-order valence-electron chi connectivity index (χ1n) is 6.43. The number of aliphatic hydroxyl groups excluding tert-OH is 1. The van der Waals surface area contributed by atoms with Crippen molar-refractivity contribution < 1.29 is 23.0 Å². The first-order valence-corrected chi connectivity index (χ1v) is 6.43. The molecule has 112 valence electrons. The van der Waals surface area contributed by atoms with Crippen LogP contribution in [0.1, 0.15) is 0 Å². The van der Waals surface area contributed by atoms with Crippen LogP contribution < -0.4 is 5.32 Å². The summed E-state index contributed by atoms with van der Waals surface area (Å²) < 4.78 is 44.3. The van der Waals surface area contributed by atoms with Gasteiger partial charge in [-0.2, -0.15) is 0 Å². The fourth-order valence-corrected chi connectivity index (χ4v) is 2.04. The quantitative estimate of drug-likeness (QED) is 0.800. The summed E-state index contributed by atoms with van der Waals surface area (Å²) in [6.07, 6.45) is -0.736. The lowest BCUT2D eigenvalue weighted by Gasteiger charge is -2.28.